The second-order valence-electron chi connectivity index (χ2n) is 5.09. The number of halogens is 1. The highest BCUT2D eigenvalue weighted by Gasteiger charge is 2.25. The van der Waals surface area contributed by atoms with Crippen molar-refractivity contribution in [2.24, 2.45) is 0 Å². The van der Waals surface area contributed by atoms with Crippen LogP contribution in [0.4, 0.5) is 0 Å². The van der Waals surface area contributed by atoms with Crippen LogP contribution in [-0.2, 0) is 0 Å². The summed E-state index contributed by atoms with van der Waals surface area (Å²) in [5.74, 6) is 0.00755. The lowest BCUT2D eigenvalue weighted by atomic mass is 10.1. The lowest BCUT2D eigenvalue weighted by Crippen LogP contribution is -2.42. The van der Waals surface area contributed by atoms with Crippen LogP contribution in [-0.4, -0.2) is 39.7 Å². The van der Waals surface area contributed by atoms with Gasteiger partial charge in [-0.2, -0.15) is 0 Å². The van der Waals surface area contributed by atoms with Crippen molar-refractivity contribution >= 4 is 21.8 Å². The molecule has 0 aromatic carbocycles. The zero-order valence-electron chi connectivity index (χ0n) is 10.8. The van der Waals surface area contributed by atoms with Crippen molar-refractivity contribution in [1.82, 2.24) is 9.47 Å². The van der Waals surface area contributed by atoms with E-state index in [2.05, 4.69) is 15.9 Å². The Morgan fingerprint density at radius 3 is 2.89 bits per heavy atom. The molecule has 5 heteroatoms. The highest BCUT2D eigenvalue weighted by atomic mass is 79.9. The third kappa shape index (κ3) is 2.78. The molecule has 2 heterocycles. The number of aliphatic hydroxyl groups is 1. The summed E-state index contributed by atoms with van der Waals surface area (Å²) in [7, 11) is 0. The van der Waals surface area contributed by atoms with Gasteiger partial charge in [-0.25, -0.2) is 0 Å². The summed E-state index contributed by atoms with van der Waals surface area (Å²) in [6.07, 6.45) is 3.21. The zero-order valence-corrected chi connectivity index (χ0v) is 12.4. The highest BCUT2D eigenvalue weighted by Crippen LogP contribution is 2.22. The fourth-order valence-corrected chi connectivity index (χ4v) is 2.78. The molecule has 0 saturated carbocycles. The molecule has 1 fully saturated rings. The van der Waals surface area contributed by atoms with Crippen molar-refractivity contribution in [3.63, 3.8) is 0 Å². The van der Waals surface area contributed by atoms with Gasteiger partial charge in [-0.15, -0.1) is 0 Å². The summed E-state index contributed by atoms with van der Waals surface area (Å²) in [5, 5.41) is 9.65. The molecule has 0 aliphatic carbocycles. The number of amides is 1. The number of aromatic nitrogens is 1. The third-order valence-corrected chi connectivity index (χ3v) is 3.71. The first-order valence-electron chi connectivity index (χ1n) is 6.33. The molecule has 1 N–H and O–H groups in total. The number of carbonyl (C=O) groups is 1. The van der Waals surface area contributed by atoms with Gasteiger partial charge in [-0.3, -0.25) is 4.79 Å². The van der Waals surface area contributed by atoms with E-state index in [-0.39, 0.29) is 18.1 Å². The Morgan fingerprint density at radius 1 is 1.56 bits per heavy atom. The molecule has 1 amide bonds. The number of aliphatic hydroxyl groups excluding tert-OH is 1. The van der Waals surface area contributed by atoms with Crippen molar-refractivity contribution in [2.45, 2.75) is 38.8 Å². The Morgan fingerprint density at radius 2 is 2.28 bits per heavy atom. The average molecular weight is 315 g/mol. The first-order valence-corrected chi connectivity index (χ1v) is 7.13. The minimum atomic E-state index is -0.381. The molecule has 2 rings (SSSR count). The fourth-order valence-electron chi connectivity index (χ4n) is 2.35. The molecule has 1 unspecified atom stereocenters. The normalized spacial score (nSPS) is 20.5. The second-order valence-corrected chi connectivity index (χ2v) is 6.01. The van der Waals surface area contributed by atoms with Crippen molar-refractivity contribution in [2.75, 3.05) is 13.1 Å². The Labute approximate surface area is 116 Å². The SMILES string of the molecule is CC(C)n1cc(Br)cc1C(=O)N1CCCC(O)C1. The minimum Gasteiger partial charge on any atom is -0.391 e. The standard InChI is InChI=1S/C13H19BrN2O2/c1-9(2)16-7-10(14)6-12(16)13(18)15-5-3-4-11(17)8-15/h6-7,9,11,17H,3-5,8H2,1-2H3. The Balaban J connectivity index is 2.22. The van der Waals surface area contributed by atoms with Crippen molar-refractivity contribution < 1.29 is 9.90 Å². The molecule has 0 spiro atoms. The maximum atomic E-state index is 12.5. The minimum absolute atomic E-state index is 0.00755. The van der Waals surface area contributed by atoms with E-state index in [0.29, 0.717) is 12.2 Å². The van der Waals surface area contributed by atoms with Gasteiger partial charge in [0.05, 0.1) is 6.10 Å². The summed E-state index contributed by atoms with van der Waals surface area (Å²) in [5.41, 5.74) is 0.686. The van der Waals surface area contributed by atoms with Crippen LogP contribution in [0.15, 0.2) is 16.7 Å². The van der Waals surface area contributed by atoms with Gasteiger partial charge in [0.25, 0.3) is 5.91 Å². The highest BCUT2D eigenvalue weighted by molar-refractivity contribution is 9.10. The van der Waals surface area contributed by atoms with Crippen molar-refractivity contribution in [3.05, 3.63) is 22.4 Å². The molecule has 4 nitrogen and oxygen atoms in total. The molecule has 0 bridgehead atoms. The second kappa shape index (κ2) is 5.45. The van der Waals surface area contributed by atoms with Crippen LogP contribution in [0.1, 0.15) is 43.2 Å². The van der Waals surface area contributed by atoms with Gasteiger partial charge in [0, 0.05) is 29.8 Å². The number of hydrogen-bond acceptors (Lipinski definition) is 2. The van der Waals surface area contributed by atoms with Gasteiger partial charge >= 0.3 is 0 Å². The lowest BCUT2D eigenvalue weighted by Gasteiger charge is -2.30. The number of nitrogens with zero attached hydrogens (tertiary/aromatic N) is 2. The number of carbonyl (C=O) groups excluding carboxylic acids is 1. The number of β-amino-alcohol motifs (C(OH)–C–C–N with tert-alkyl or cyclic N) is 1. The predicted molar refractivity (Wildman–Crippen MR) is 73.7 cm³/mol. The van der Waals surface area contributed by atoms with Crippen molar-refractivity contribution in [3.8, 4) is 0 Å². The molecule has 1 aromatic heterocycles. The van der Waals surface area contributed by atoms with Gasteiger partial charge in [0.2, 0.25) is 0 Å². The third-order valence-electron chi connectivity index (χ3n) is 3.27. The Bertz CT molecular complexity index is 442. The van der Waals surface area contributed by atoms with Gasteiger partial charge < -0.3 is 14.6 Å². The Hall–Kier alpha value is -0.810. The first-order chi connectivity index (χ1) is 8.49. The summed E-state index contributed by atoms with van der Waals surface area (Å²) < 4.78 is 2.88. The molecular weight excluding hydrogens is 296 g/mol. The molecule has 1 atom stereocenters. The molecule has 1 aliphatic heterocycles. The van der Waals surface area contributed by atoms with Gasteiger partial charge in [-0.1, -0.05) is 0 Å². The van der Waals surface area contributed by atoms with E-state index in [1.165, 1.54) is 0 Å². The van der Waals surface area contributed by atoms with E-state index in [1.54, 1.807) is 4.90 Å². The van der Waals surface area contributed by atoms with E-state index >= 15 is 0 Å². The van der Waals surface area contributed by atoms with Gasteiger partial charge in [0.1, 0.15) is 5.69 Å². The van der Waals surface area contributed by atoms with Crippen LogP contribution in [0.5, 0.6) is 0 Å². The van der Waals surface area contributed by atoms with Crippen LogP contribution in [0.25, 0.3) is 0 Å². The molecule has 1 aliphatic rings. The van der Waals surface area contributed by atoms with Crippen molar-refractivity contribution in [1.29, 1.82) is 0 Å². The zero-order chi connectivity index (χ0) is 13.3. The number of piperidine rings is 1. The van der Waals surface area contributed by atoms with Crippen LogP contribution in [0, 0.1) is 0 Å². The van der Waals surface area contributed by atoms with E-state index in [4.69, 9.17) is 0 Å². The fraction of sp³-hybridized carbons (Fsp3) is 0.615. The number of hydrogen-bond donors (Lipinski definition) is 1. The summed E-state index contributed by atoms with van der Waals surface area (Å²) in [6, 6.07) is 2.09. The average Bonchev–Trinajstić information content (AvgIpc) is 2.70. The predicted octanol–water partition coefficient (Wildman–Crippen LogP) is 2.43. The molecule has 1 saturated heterocycles. The molecule has 18 heavy (non-hydrogen) atoms. The summed E-state index contributed by atoms with van der Waals surface area (Å²) in [4.78, 5) is 14.2. The largest absolute Gasteiger partial charge is 0.391 e. The topological polar surface area (TPSA) is 45.5 Å². The molecular formula is C13H19BrN2O2. The molecule has 100 valence electrons. The van der Waals surface area contributed by atoms with E-state index in [9.17, 15) is 9.90 Å². The van der Waals surface area contributed by atoms with E-state index in [1.807, 2.05) is 30.7 Å². The lowest BCUT2D eigenvalue weighted by molar-refractivity contribution is 0.0464. The van der Waals surface area contributed by atoms with Crippen LogP contribution >= 0.6 is 15.9 Å². The van der Waals surface area contributed by atoms with Crippen LogP contribution in [0.2, 0.25) is 0 Å². The maximum absolute atomic E-state index is 12.5. The summed E-state index contributed by atoms with van der Waals surface area (Å²) >= 11 is 3.41. The summed E-state index contributed by atoms with van der Waals surface area (Å²) in [6.45, 7) is 5.28. The first kappa shape index (κ1) is 13.6. The smallest absolute Gasteiger partial charge is 0.270 e. The van der Waals surface area contributed by atoms with E-state index in [0.717, 1.165) is 23.9 Å². The van der Waals surface area contributed by atoms with Crippen LogP contribution < -0.4 is 0 Å². The van der Waals surface area contributed by atoms with Gasteiger partial charge in [0.15, 0.2) is 0 Å². The molecule has 0 radical (unpaired) electrons. The van der Waals surface area contributed by atoms with Crippen LogP contribution in [0.3, 0.4) is 0 Å². The molecule has 1 aromatic rings. The monoisotopic (exact) mass is 314 g/mol. The Kier molecular flexibility index (Phi) is 4.12. The maximum Gasteiger partial charge on any atom is 0.270 e. The van der Waals surface area contributed by atoms with E-state index < -0.39 is 0 Å². The number of rotatable bonds is 2. The quantitative estimate of drug-likeness (QED) is 0.911. The number of likely N-dealkylation sites (tertiary alicyclic amines) is 1. The van der Waals surface area contributed by atoms with Gasteiger partial charge in [-0.05, 0) is 48.7 Å².